The number of fused-ring (bicyclic) bond motifs is 4. The van der Waals surface area contributed by atoms with E-state index < -0.39 is 6.10 Å². The van der Waals surface area contributed by atoms with E-state index in [2.05, 4.69) is 54.9 Å². The van der Waals surface area contributed by atoms with E-state index in [1.807, 2.05) is 30.5 Å². The van der Waals surface area contributed by atoms with Crippen LogP contribution in [0.5, 0.6) is 0 Å². The molecule has 6 rings (SSSR count). The molecular formula is C27H31N2O+. The summed E-state index contributed by atoms with van der Waals surface area (Å²) < 4.78 is 0.954. The van der Waals surface area contributed by atoms with Crippen LogP contribution in [0.4, 0.5) is 0 Å². The quantitative estimate of drug-likeness (QED) is 0.473. The van der Waals surface area contributed by atoms with Crippen LogP contribution in [0.3, 0.4) is 0 Å². The van der Waals surface area contributed by atoms with Crippen molar-refractivity contribution in [2.75, 3.05) is 13.1 Å². The highest BCUT2D eigenvalue weighted by Gasteiger charge is 2.54. The smallest absolute Gasteiger partial charge is 0.131 e. The first-order chi connectivity index (χ1) is 14.6. The normalized spacial score (nSPS) is 29.1. The van der Waals surface area contributed by atoms with Gasteiger partial charge in [-0.3, -0.25) is 4.98 Å². The van der Waals surface area contributed by atoms with Crippen LogP contribution in [0.2, 0.25) is 0 Å². The maximum atomic E-state index is 11.8. The average Bonchev–Trinajstić information content (AvgIpc) is 2.79. The predicted molar refractivity (Wildman–Crippen MR) is 122 cm³/mol. The lowest BCUT2D eigenvalue weighted by atomic mass is 9.71. The van der Waals surface area contributed by atoms with Crippen molar-refractivity contribution in [2.24, 2.45) is 11.8 Å². The van der Waals surface area contributed by atoms with E-state index in [-0.39, 0.29) is 6.04 Å². The molecular weight excluding hydrogens is 368 g/mol. The molecule has 0 amide bonds. The molecule has 5 atom stereocenters. The van der Waals surface area contributed by atoms with Crippen molar-refractivity contribution in [2.45, 2.75) is 38.5 Å². The second-order valence-electron chi connectivity index (χ2n) is 9.32. The summed E-state index contributed by atoms with van der Waals surface area (Å²) in [6, 6.07) is 19.1. The second kappa shape index (κ2) is 7.64. The third-order valence-corrected chi connectivity index (χ3v) is 7.79. The highest BCUT2D eigenvalue weighted by molar-refractivity contribution is 5.82. The van der Waals surface area contributed by atoms with Gasteiger partial charge in [-0.15, -0.1) is 6.58 Å². The molecule has 2 aromatic carbocycles. The van der Waals surface area contributed by atoms with E-state index in [4.69, 9.17) is 0 Å². The van der Waals surface area contributed by atoms with Crippen molar-refractivity contribution in [1.82, 2.24) is 4.98 Å². The average molecular weight is 400 g/mol. The van der Waals surface area contributed by atoms with Crippen LogP contribution >= 0.6 is 0 Å². The molecule has 3 nitrogen and oxygen atoms in total. The summed E-state index contributed by atoms with van der Waals surface area (Å²) in [5, 5.41) is 12.8. The Morgan fingerprint density at radius 3 is 2.80 bits per heavy atom. The van der Waals surface area contributed by atoms with Gasteiger partial charge in [-0.1, -0.05) is 48.5 Å². The number of quaternary nitrogens is 1. The fourth-order valence-electron chi connectivity index (χ4n) is 6.09. The number of aromatic nitrogens is 1. The second-order valence-corrected chi connectivity index (χ2v) is 9.32. The van der Waals surface area contributed by atoms with Gasteiger partial charge >= 0.3 is 0 Å². The molecule has 0 saturated carbocycles. The zero-order valence-electron chi connectivity index (χ0n) is 17.7. The maximum Gasteiger partial charge on any atom is 0.131 e. The Kier molecular flexibility index (Phi) is 4.96. The van der Waals surface area contributed by atoms with Gasteiger partial charge in [0.05, 0.1) is 18.6 Å². The highest BCUT2D eigenvalue weighted by atomic mass is 16.3. The van der Waals surface area contributed by atoms with Gasteiger partial charge < -0.3 is 9.59 Å². The molecule has 1 aromatic heterocycles. The third kappa shape index (κ3) is 3.17. The largest absolute Gasteiger partial charge is 0.382 e. The Bertz CT molecular complexity index is 1070. The Labute approximate surface area is 179 Å². The molecule has 30 heavy (non-hydrogen) atoms. The summed E-state index contributed by atoms with van der Waals surface area (Å²) in [4.78, 5) is 4.51. The minimum atomic E-state index is -0.490. The molecule has 3 aromatic rings. The van der Waals surface area contributed by atoms with Crippen LogP contribution in [-0.2, 0) is 6.54 Å². The van der Waals surface area contributed by atoms with Crippen molar-refractivity contribution in [3.8, 4) is 0 Å². The van der Waals surface area contributed by atoms with E-state index in [0.717, 1.165) is 47.0 Å². The zero-order valence-corrected chi connectivity index (χ0v) is 17.7. The van der Waals surface area contributed by atoms with Crippen LogP contribution in [0.1, 0.15) is 35.6 Å². The molecule has 3 aliphatic heterocycles. The molecule has 3 aliphatic rings. The Morgan fingerprint density at radius 2 is 1.97 bits per heavy atom. The van der Waals surface area contributed by atoms with Crippen molar-refractivity contribution < 1.29 is 9.59 Å². The SMILES string of the molecule is C=CC1C[N+]2(Cc3ccccc3C)CCC1CC2[C@H](O)c1ccnc2ccccc12. The molecule has 4 unspecified atom stereocenters. The lowest BCUT2D eigenvalue weighted by molar-refractivity contribution is -0.985. The number of hydrogen-bond donors (Lipinski definition) is 1. The molecule has 4 heterocycles. The molecule has 0 radical (unpaired) electrons. The van der Waals surface area contributed by atoms with Gasteiger partial charge in [-0.25, -0.2) is 0 Å². The van der Waals surface area contributed by atoms with Gasteiger partial charge in [0.2, 0.25) is 0 Å². The van der Waals surface area contributed by atoms with Crippen molar-refractivity contribution >= 4 is 10.9 Å². The molecule has 1 N–H and O–H groups in total. The van der Waals surface area contributed by atoms with E-state index in [0.29, 0.717) is 11.8 Å². The van der Waals surface area contributed by atoms with Crippen LogP contribution in [-0.4, -0.2) is 33.7 Å². The molecule has 3 saturated heterocycles. The number of benzene rings is 2. The summed E-state index contributed by atoms with van der Waals surface area (Å²) >= 11 is 0. The Morgan fingerprint density at radius 1 is 1.17 bits per heavy atom. The maximum absolute atomic E-state index is 11.8. The molecule has 3 heteroatoms. The van der Waals surface area contributed by atoms with Crippen LogP contribution in [0.25, 0.3) is 10.9 Å². The first-order valence-corrected chi connectivity index (χ1v) is 11.2. The van der Waals surface area contributed by atoms with Gasteiger partial charge in [-0.2, -0.15) is 0 Å². The minimum absolute atomic E-state index is 0.199. The number of aliphatic hydroxyl groups excluding tert-OH is 1. The number of aliphatic hydroxyl groups is 1. The molecule has 154 valence electrons. The van der Waals surface area contributed by atoms with Gasteiger partial charge in [0, 0.05) is 35.9 Å². The van der Waals surface area contributed by atoms with Crippen molar-refractivity contribution in [3.05, 3.63) is 90.1 Å². The van der Waals surface area contributed by atoms with Crippen LogP contribution in [0, 0.1) is 18.8 Å². The fourth-order valence-corrected chi connectivity index (χ4v) is 6.09. The number of para-hydroxylation sites is 1. The topological polar surface area (TPSA) is 33.1 Å². The Hall–Kier alpha value is -2.49. The first-order valence-electron chi connectivity index (χ1n) is 11.2. The third-order valence-electron chi connectivity index (χ3n) is 7.79. The molecule has 3 fully saturated rings. The number of aryl methyl sites for hydroxylation is 1. The fraction of sp³-hybridized carbons (Fsp3) is 0.370. The van der Waals surface area contributed by atoms with Gasteiger partial charge in [0.1, 0.15) is 18.7 Å². The van der Waals surface area contributed by atoms with E-state index >= 15 is 0 Å². The van der Waals surface area contributed by atoms with Crippen molar-refractivity contribution in [1.29, 1.82) is 0 Å². The van der Waals surface area contributed by atoms with Crippen molar-refractivity contribution in [3.63, 3.8) is 0 Å². The standard InChI is InChI=1S/C27H31N2O/c1-3-20-17-29(18-22-9-5-4-8-19(22)2)15-13-21(20)16-26(29)27(30)24-12-14-28-25-11-7-6-10-23(24)25/h3-12,14,20-21,26-27,30H,1,13,15-18H2,2H3/q+1/t20?,21?,26?,27-,29?/m1/s1. The molecule has 2 bridgehead atoms. The highest BCUT2D eigenvalue weighted by Crippen LogP contribution is 2.48. The van der Waals surface area contributed by atoms with Gasteiger partial charge in [0.15, 0.2) is 0 Å². The number of hydrogen-bond acceptors (Lipinski definition) is 2. The predicted octanol–water partition coefficient (Wildman–Crippen LogP) is 5.19. The molecule has 0 aliphatic carbocycles. The summed E-state index contributed by atoms with van der Waals surface area (Å²) in [6.07, 6.45) is 5.80. The number of nitrogens with zero attached hydrogens (tertiary/aromatic N) is 2. The number of piperidine rings is 3. The van der Waals surface area contributed by atoms with Crippen LogP contribution in [0.15, 0.2) is 73.4 Å². The Balaban J connectivity index is 1.57. The summed E-state index contributed by atoms with van der Waals surface area (Å²) in [5.41, 5.74) is 4.72. The lowest BCUT2D eigenvalue weighted by Crippen LogP contribution is -2.67. The zero-order chi connectivity index (χ0) is 20.7. The van der Waals surface area contributed by atoms with E-state index in [1.54, 1.807) is 0 Å². The minimum Gasteiger partial charge on any atom is -0.382 e. The molecule has 0 spiro atoms. The van der Waals surface area contributed by atoms with Gasteiger partial charge in [-0.05, 0) is 36.1 Å². The monoisotopic (exact) mass is 399 g/mol. The summed E-state index contributed by atoms with van der Waals surface area (Å²) in [7, 11) is 0. The number of pyridine rings is 1. The number of rotatable bonds is 5. The summed E-state index contributed by atoms with van der Waals surface area (Å²) in [6.45, 7) is 9.54. The van der Waals surface area contributed by atoms with Gasteiger partial charge in [0.25, 0.3) is 0 Å². The first kappa shape index (κ1) is 19.5. The van der Waals surface area contributed by atoms with E-state index in [1.165, 1.54) is 17.5 Å². The van der Waals surface area contributed by atoms with E-state index in [9.17, 15) is 5.11 Å². The summed E-state index contributed by atoms with van der Waals surface area (Å²) in [5.74, 6) is 1.17. The van der Waals surface area contributed by atoms with Crippen LogP contribution < -0.4 is 0 Å². The lowest BCUT2D eigenvalue weighted by Gasteiger charge is -2.58.